The van der Waals surface area contributed by atoms with E-state index in [0.29, 0.717) is 5.41 Å². The largest absolute Gasteiger partial charge is 0.467 e. The zero-order chi connectivity index (χ0) is 27.9. The fourth-order valence-corrected chi connectivity index (χ4v) is 6.02. The summed E-state index contributed by atoms with van der Waals surface area (Å²) in [4.78, 5) is 25.4. The maximum Gasteiger partial charge on any atom is 0.339 e. The molecule has 4 heterocycles. The summed E-state index contributed by atoms with van der Waals surface area (Å²) in [5.41, 5.74) is 8.12. The summed E-state index contributed by atoms with van der Waals surface area (Å²) in [6.07, 6.45) is 10.2. The van der Waals surface area contributed by atoms with Gasteiger partial charge in [-0.2, -0.15) is 0 Å². The zero-order valence-corrected chi connectivity index (χ0v) is 25.5. The van der Waals surface area contributed by atoms with E-state index in [1.54, 1.807) is 11.8 Å². The molecule has 3 atom stereocenters. The van der Waals surface area contributed by atoms with Crippen LogP contribution < -0.4 is 10.9 Å². The minimum Gasteiger partial charge on any atom is -0.467 e. The number of allylic oxidation sites excluding steroid dienone is 2. The van der Waals surface area contributed by atoms with Gasteiger partial charge in [-0.25, -0.2) is 10.2 Å². The van der Waals surface area contributed by atoms with Crippen LogP contribution in [0.2, 0.25) is 0 Å². The van der Waals surface area contributed by atoms with Gasteiger partial charge in [0, 0.05) is 18.8 Å². The molecule has 2 N–H and O–H groups in total. The van der Waals surface area contributed by atoms with Crippen molar-refractivity contribution < 1.29 is 14.3 Å². The number of nitrogens with zero attached hydrogens (tertiary/aromatic N) is 3. The number of methoxy groups -OCH3 is 1. The Hall–Kier alpha value is -1.84. The summed E-state index contributed by atoms with van der Waals surface area (Å²) >= 11 is 1.81. The standard InChI is InChI=1S/C29H49N5O3S/c1-20-23(24(27(35)36-8)37-28(4,5)6)26-33-32-25(31-20)21(2)30-22(3)38-19-13-11-9-10-12-14-29(7)15-17-34(26)18-16-29/h9-10,21,24-25,32-33H,11-19H2,1-8H3/b10-9+,30-22?/t21-,24+,25?/m1/s1. The average molecular weight is 548 g/mol. The summed E-state index contributed by atoms with van der Waals surface area (Å²) in [7, 11) is 1.41. The first-order valence-corrected chi connectivity index (χ1v) is 15.0. The molecule has 4 rings (SSSR count). The van der Waals surface area contributed by atoms with Crippen LogP contribution in [0.3, 0.4) is 0 Å². The second-order valence-corrected chi connectivity index (χ2v) is 13.3. The second kappa shape index (κ2) is 13.5. The van der Waals surface area contributed by atoms with Gasteiger partial charge in [-0.3, -0.25) is 9.98 Å². The van der Waals surface area contributed by atoms with E-state index in [0.717, 1.165) is 73.1 Å². The highest BCUT2D eigenvalue weighted by Crippen LogP contribution is 2.37. The number of esters is 1. The highest BCUT2D eigenvalue weighted by molar-refractivity contribution is 8.13. The number of fused-ring (bicyclic) bond motifs is 10. The van der Waals surface area contributed by atoms with E-state index in [-0.39, 0.29) is 12.2 Å². The lowest BCUT2D eigenvalue weighted by molar-refractivity contribution is -0.159. The number of nitrogens with one attached hydrogen (secondary N) is 2. The summed E-state index contributed by atoms with van der Waals surface area (Å²) in [6.45, 7) is 16.2. The maximum atomic E-state index is 13.1. The number of carbonyl (C=O) groups is 1. The molecular formula is C29H49N5O3S. The summed E-state index contributed by atoms with van der Waals surface area (Å²) in [5, 5.41) is 1.06. The van der Waals surface area contributed by atoms with Crippen molar-refractivity contribution in [1.29, 1.82) is 0 Å². The first kappa shape index (κ1) is 30.7. The van der Waals surface area contributed by atoms with Crippen LogP contribution in [0.25, 0.3) is 0 Å². The lowest BCUT2D eigenvalue weighted by atomic mass is 9.76. The van der Waals surface area contributed by atoms with Gasteiger partial charge in [0.25, 0.3) is 0 Å². The molecule has 0 aromatic rings. The third kappa shape index (κ3) is 8.58. The molecule has 0 spiro atoms. The third-order valence-corrected chi connectivity index (χ3v) is 8.52. The highest BCUT2D eigenvalue weighted by atomic mass is 32.2. The predicted octanol–water partition coefficient (Wildman–Crippen LogP) is 5.22. The van der Waals surface area contributed by atoms with Crippen LogP contribution in [0.15, 0.2) is 33.5 Å². The van der Waals surface area contributed by atoms with Crippen molar-refractivity contribution in [2.75, 3.05) is 26.0 Å². The van der Waals surface area contributed by atoms with Crippen LogP contribution in [0, 0.1) is 5.41 Å². The zero-order valence-electron chi connectivity index (χ0n) is 24.7. The highest BCUT2D eigenvalue weighted by Gasteiger charge is 2.39. The Balaban J connectivity index is 2.04. The topological polar surface area (TPSA) is 87.5 Å². The monoisotopic (exact) mass is 547 g/mol. The van der Waals surface area contributed by atoms with Crippen molar-refractivity contribution in [1.82, 2.24) is 15.8 Å². The molecule has 4 aliphatic heterocycles. The molecule has 0 aromatic carbocycles. The molecule has 9 heteroatoms. The quantitative estimate of drug-likeness (QED) is 0.370. The summed E-state index contributed by atoms with van der Waals surface area (Å²) < 4.78 is 11.6. The van der Waals surface area contributed by atoms with Crippen molar-refractivity contribution in [2.45, 2.75) is 111 Å². The average Bonchev–Trinajstić information content (AvgIpc) is 3.02. The first-order chi connectivity index (χ1) is 17.9. The molecule has 0 radical (unpaired) electrons. The van der Waals surface area contributed by atoms with Gasteiger partial charge in [0.15, 0.2) is 6.10 Å². The van der Waals surface area contributed by atoms with Crippen LogP contribution in [0.4, 0.5) is 0 Å². The SMILES string of the molecule is COC(=O)[C@@H](OC(C)(C)C)C1=C2NNC(N=C1C)[C@@H](C)N=C(C)SCCC/C=C/CCC1(C)CCN2CC1. The number of aliphatic imine (C=N–C) groups is 2. The molecule has 0 aliphatic carbocycles. The van der Waals surface area contributed by atoms with Crippen LogP contribution >= 0.6 is 11.8 Å². The number of hydrogen-bond acceptors (Lipinski definition) is 9. The van der Waals surface area contributed by atoms with Crippen molar-refractivity contribution in [3.63, 3.8) is 0 Å². The van der Waals surface area contributed by atoms with Gasteiger partial charge in [-0.1, -0.05) is 19.1 Å². The number of rotatable bonds is 3. The Labute approximate surface area is 234 Å². The maximum absolute atomic E-state index is 13.1. The van der Waals surface area contributed by atoms with Gasteiger partial charge in [0.1, 0.15) is 12.0 Å². The molecule has 1 unspecified atom stereocenters. The van der Waals surface area contributed by atoms with Crippen molar-refractivity contribution in [3.8, 4) is 0 Å². The van der Waals surface area contributed by atoms with E-state index in [9.17, 15) is 4.79 Å². The second-order valence-electron chi connectivity index (χ2n) is 12.0. The Morgan fingerprint density at radius 2 is 1.84 bits per heavy atom. The van der Waals surface area contributed by atoms with Crippen LogP contribution in [0.1, 0.15) is 87.0 Å². The smallest absolute Gasteiger partial charge is 0.339 e. The van der Waals surface area contributed by atoms with Crippen molar-refractivity contribution >= 4 is 28.5 Å². The fraction of sp³-hybridized carbons (Fsp3) is 0.759. The number of hydrazine groups is 1. The van der Waals surface area contributed by atoms with Gasteiger partial charge in [-0.15, -0.1) is 11.8 Å². The Kier molecular flexibility index (Phi) is 10.9. The summed E-state index contributed by atoms with van der Waals surface area (Å²) in [6, 6.07) is -0.0997. The number of carbonyl (C=O) groups excluding carboxylic acids is 1. The lowest BCUT2D eigenvalue weighted by Gasteiger charge is -2.42. The van der Waals surface area contributed by atoms with Gasteiger partial charge in [0.05, 0.1) is 29.4 Å². The Bertz CT molecular complexity index is 944. The van der Waals surface area contributed by atoms with Gasteiger partial charge in [0.2, 0.25) is 0 Å². The van der Waals surface area contributed by atoms with Gasteiger partial charge < -0.3 is 19.8 Å². The molecular weight excluding hydrogens is 498 g/mol. The number of hydrogen-bond donors (Lipinski definition) is 2. The predicted molar refractivity (Wildman–Crippen MR) is 158 cm³/mol. The van der Waals surface area contributed by atoms with E-state index in [1.807, 2.05) is 27.7 Å². The molecule has 1 saturated heterocycles. The van der Waals surface area contributed by atoms with E-state index < -0.39 is 17.7 Å². The third-order valence-electron chi connectivity index (χ3n) is 7.50. The Morgan fingerprint density at radius 1 is 1.16 bits per heavy atom. The minimum atomic E-state index is -0.904. The fourth-order valence-electron chi connectivity index (χ4n) is 5.17. The van der Waals surface area contributed by atoms with Gasteiger partial charge >= 0.3 is 5.97 Å². The molecule has 8 nitrogen and oxygen atoms in total. The van der Waals surface area contributed by atoms with E-state index >= 15 is 0 Å². The number of piperidine rings is 1. The molecule has 0 aromatic heterocycles. The van der Waals surface area contributed by atoms with Crippen LogP contribution in [-0.2, 0) is 14.3 Å². The summed E-state index contributed by atoms with van der Waals surface area (Å²) in [5.74, 6) is 1.47. The molecule has 1 fully saturated rings. The minimum absolute atomic E-state index is 0.0997. The molecule has 214 valence electrons. The number of ether oxygens (including phenoxy) is 2. The molecule has 38 heavy (non-hydrogen) atoms. The van der Waals surface area contributed by atoms with E-state index in [4.69, 9.17) is 19.5 Å². The first-order valence-electron chi connectivity index (χ1n) is 14.1. The van der Waals surface area contributed by atoms with E-state index in [2.05, 4.69) is 48.7 Å². The van der Waals surface area contributed by atoms with Crippen molar-refractivity contribution in [2.24, 2.45) is 15.4 Å². The molecule has 4 aliphatic rings. The number of thioether (sulfide) groups is 1. The van der Waals surface area contributed by atoms with Crippen LogP contribution in [0.5, 0.6) is 0 Å². The van der Waals surface area contributed by atoms with Crippen molar-refractivity contribution in [3.05, 3.63) is 23.5 Å². The molecule has 0 saturated carbocycles. The van der Waals surface area contributed by atoms with Gasteiger partial charge in [-0.05, 0) is 91.2 Å². The van der Waals surface area contributed by atoms with E-state index in [1.165, 1.54) is 13.5 Å². The lowest BCUT2D eigenvalue weighted by Crippen LogP contribution is -2.50. The normalized spacial score (nSPS) is 29.7. The molecule has 0 amide bonds. The Morgan fingerprint density at radius 3 is 2.50 bits per heavy atom. The van der Waals surface area contributed by atoms with Crippen LogP contribution in [-0.4, -0.2) is 71.5 Å². The molecule has 4 bridgehead atoms.